The van der Waals surface area contributed by atoms with E-state index in [9.17, 15) is 22.0 Å². The second-order valence-electron chi connectivity index (χ2n) is 6.77. The maximum absolute atomic E-state index is 12.9. The molecule has 0 aliphatic heterocycles. The van der Waals surface area contributed by atoms with Crippen LogP contribution in [0.15, 0.2) is 52.3 Å². The Labute approximate surface area is 186 Å². The Morgan fingerprint density at radius 1 is 1.10 bits per heavy atom. The van der Waals surface area contributed by atoms with Crippen LogP contribution in [0.3, 0.4) is 0 Å². The van der Waals surface area contributed by atoms with Crippen LogP contribution in [0.25, 0.3) is 0 Å². The van der Waals surface area contributed by atoms with Crippen molar-refractivity contribution in [1.29, 1.82) is 0 Å². The van der Waals surface area contributed by atoms with Crippen molar-refractivity contribution in [3.63, 3.8) is 0 Å². The van der Waals surface area contributed by atoms with Gasteiger partial charge < -0.3 is 10.1 Å². The third-order valence-electron chi connectivity index (χ3n) is 4.25. The molecule has 2 aromatic rings. The lowest BCUT2D eigenvalue weighted by atomic mass is 10.2. The number of hydrogen-bond acceptors (Lipinski definition) is 5. The van der Waals surface area contributed by atoms with Crippen LogP contribution in [0.5, 0.6) is 5.75 Å². The monoisotopic (exact) mass is 472 g/mol. The molecule has 0 radical (unpaired) electrons. The number of sulfonamides is 1. The van der Waals surface area contributed by atoms with Gasteiger partial charge >= 0.3 is 0 Å². The lowest BCUT2D eigenvalue weighted by Crippen LogP contribution is -2.30. The lowest BCUT2D eigenvalue weighted by molar-refractivity contribution is 0.102. The molecule has 170 valence electrons. The van der Waals surface area contributed by atoms with E-state index in [1.165, 1.54) is 46.8 Å². The number of amides is 1. The van der Waals surface area contributed by atoms with E-state index in [2.05, 4.69) is 5.32 Å². The van der Waals surface area contributed by atoms with Crippen LogP contribution in [-0.2, 0) is 10.0 Å². The molecule has 0 aliphatic rings. The number of halogens is 2. The molecule has 31 heavy (non-hydrogen) atoms. The fourth-order valence-electron chi connectivity index (χ4n) is 2.82. The number of benzene rings is 2. The highest BCUT2D eigenvalue weighted by Gasteiger charge is 2.24. The molecule has 2 aromatic carbocycles. The van der Waals surface area contributed by atoms with Gasteiger partial charge in [0.05, 0.1) is 16.7 Å². The van der Waals surface area contributed by atoms with Crippen molar-refractivity contribution >= 4 is 33.4 Å². The Balaban J connectivity index is 2.37. The van der Waals surface area contributed by atoms with E-state index in [1.807, 2.05) is 13.8 Å². The molecular formula is C21H26F2N2O4S2. The fraction of sp³-hybridized carbons (Fsp3) is 0.381. The van der Waals surface area contributed by atoms with Crippen molar-refractivity contribution in [2.24, 2.45) is 0 Å². The minimum atomic E-state index is -3.73. The van der Waals surface area contributed by atoms with Crippen LogP contribution < -0.4 is 10.1 Å². The zero-order chi connectivity index (χ0) is 23.2. The van der Waals surface area contributed by atoms with E-state index >= 15 is 0 Å². The smallest absolute Gasteiger partial charge is 0.288 e. The number of anilines is 1. The molecule has 0 fully saturated rings. The van der Waals surface area contributed by atoms with Gasteiger partial charge in [-0.1, -0.05) is 25.6 Å². The third kappa shape index (κ3) is 6.65. The van der Waals surface area contributed by atoms with Crippen LogP contribution in [0.1, 0.15) is 38.1 Å². The summed E-state index contributed by atoms with van der Waals surface area (Å²) in [6, 6.07) is 10.0. The summed E-state index contributed by atoms with van der Waals surface area (Å²) in [5.41, 5.74) is 0.448. The molecule has 6 nitrogen and oxygen atoms in total. The Kier molecular flexibility index (Phi) is 8.84. The highest BCUT2D eigenvalue weighted by molar-refractivity contribution is 7.99. The Hall–Kier alpha value is -2.17. The largest absolute Gasteiger partial charge is 0.489 e. The molecule has 2 rings (SSSR count). The topological polar surface area (TPSA) is 75.7 Å². The molecule has 10 heteroatoms. The van der Waals surface area contributed by atoms with Gasteiger partial charge in [0.1, 0.15) is 5.75 Å². The van der Waals surface area contributed by atoms with Crippen LogP contribution >= 0.6 is 11.8 Å². The van der Waals surface area contributed by atoms with Crippen molar-refractivity contribution in [2.45, 2.75) is 49.3 Å². The van der Waals surface area contributed by atoms with Crippen molar-refractivity contribution < 1.29 is 26.7 Å². The minimum Gasteiger partial charge on any atom is -0.489 e. The third-order valence-corrected chi connectivity index (χ3v) is 7.02. The van der Waals surface area contributed by atoms with Crippen molar-refractivity contribution in [1.82, 2.24) is 4.31 Å². The van der Waals surface area contributed by atoms with E-state index in [1.54, 1.807) is 13.8 Å². The maximum Gasteiger partial charge on any atom is 0.288 e. The molecule has 0 saturated heterocycles. The summed E-state index contributed by atoms with van der Waals surface area (Å²) in [6.45, 7) is 7.74. The first-order chi connectivity index (χ1) is 14.6. The number of carbonyl (C=O) groups excluding carboxylic acids is 1. The summed E-state index contributed by atoms with van der Waals surface area (Å²) in [5.74, 6) is -2.74. The number of carbonyl (C=O) groups is 1. The molecule has 0 unspecified atom stereocenters. The number of thioether (sulfide) groups is 1. The van der Waals surface area contributed by atoms with Crippen molar-refractivity contribution in [3.05, 3.63) is 48.0 Å². The Morgan fingerprint density at radius 3 is 2.23 bits per heavy atom. The summed E-state index contributed by atoms with van der Waals surface area (Å²) in [5, 5.41) is 2.68. The number of ether oxygens (including phenoxy) is 1. The molecule has 0 saturated carbocycles. The highest BCUT2D eigenvalue weighted by atomic mass is 32.2. The number of nitrogens with one attached hydrogen (secondary N) is 1. The summed E-state index contributed by atoms with van der Waals surface area (Å²) in [4.78, 5) is 13.1. The Morgan fingerprint density at radius 2 is 1.71 bits per heavy atom. The van der Waals surface area contributed by atoms with Gasteiger partial charge in [-0.3, -0.25) is 4.79 Å². The lowest BCUT2D eigenvalue weighted by Gasteiger charge is -2.20. The maximum atomic E-state index is 12.9. The van der Waals surface area contributed by atoms with Crippen LogP contribution in [0.4, 0.5) is 14.5 Å². The van der Waals surface area contributed by atoms with E-state index in [0.29, 0.717) is 35.5 Å². The van der Waals surface area contributed by atoms with Gasteiger partial charge in [-0.2, -0.15) is 13.1 Å². The van der Waals surface area contributed by atoms with E-state index in [0.717, 1.165) is 0 Å². The van der Waals surface area contributed by atoms with Crippen molar-refractivity contribution in [3.8, 4) is 5.75 Å². The van der Waals surface area contributed by atoms with Crippen molar-refractivity contribution in [2.75, 3.05) is 18.4 Å². The molecule has 0 aliphatic carbocycles. The van der Waals surface area contributed by atoms with Gasteiger partial charge in [0, 0.05) is 23.5 Å². The molecule has 0 spiro atoms. The number of alkyl halides is 2. The van der Waals surface area contributed by atoms with Gasteiger partial charge in [-0.25, -0.2) is 8.42 Å². The molecule has 1 amide bonds. The zero-order valence-corrected chi connectivity index (χ0v) is 19.4. The number of rotatable bonds is 10. The van der Waals surface area contributed by atoms with E-state index in [-0.39, 0.29) is 22.3 Å². The SMILES string of the molecule is CCN(CC)S(=O)(=O)c1ccc(OC(C)C)c(NC(=O)c2ccc(SC(F)F)cc2)c1. The standard InChI is InChI=1S/C21H26F2N2O4S2/c1-5-25(6-2)31(27,28)17-11-12-19(29-14(3)4)18(13-17)24-20(26)15-7-9-16(10-8-15)30-21(22)23/h7-14,21H,5-6H2,1-4H3,(H,24,26). The molecule has 1 N–H and O–H groups in total. The summed E-state index contributed by atoms with van der Waals surface area (Å²) in [6.07, 6.45) is -0.202. The summed E-state index contributed by atoms with van der Waals surface area (Å²) < 4.78 is 57.7. The first kappa shape index (κ1) is 25.1. The van der Waals surface area contributed by atoms with E-state index in [4.69, 9.17) is 4.74 Å². The van der Waals surface area contributed by atoms with Gasteiger partial charge in [-0.05, 0) is 56.3 Å². The average Bonchev–Trinajstić information content (AvgIpc) is 2.69. The first-order valence-corrected chi connectivity index (χ1v) is 12.1. The second kappa shape index (κ2) is 10.9. The molecule has 0 atom stereocenters. The minimum absolute atomic E-state index is 0.0336. The van der Waals surface area contributed by atoms with E-state index < -0.39 is 21.7 Å². The van der Waals surface area contributed by atoms with Crippen LogP contribution in [-0.4, -0.2) is 43.6 Å². The molecule has 0 aromatic heterocycles. The van der Waals surface area contributed by atoms with Crippen LogP contribution in [0.2, 0.25) is 0 Å². The fourth-order valence-corrected chi connectivity index (χ4v) is 4.80. The van der Waals surface area contributed by atoms with Gasteiger partial charge in [-0.15, -0.1) is 0 Å². The number of nitrogens with zero attached hydrogens (tertiary/aromatic N) is 1. The summed E-state index contributed by atoms with van der Waals surface area (Å²) >= 11 is 0.387. The summed E-state index contributed by atoms with van der Waals surface area (Å²) in [7, 11) is -3.73. The second-order valence-corrected chi connectivity index (χ2v) is 9.77. The predicted molar refractivity (Wildman–Crippen MR) is 119 cm³/mol. The molecule has 0 heterocycles. The van der Waals surface area contributed by atoms with Gasteiger partial charge in [0.15, 0.2) is 0 Å². The predicted octanol–water partition coefficient (Wildman–Crippen LogP) is 5.07. The quantitative estimate of drug-likeness (QED) is 0.489. The highest BCUT2D eigenvalue weighted by Crippen LogP contribution is 2.31. The normalized spacial score (nSPS) is 11.9. The van der Waals surface area contributed by atoms with Gasteiger partial charge in [0.2, 0.25) is 10.0 Å². The van der Waals surface area contributed by atoms with Gasteiger partial charge in [0.25, 0.3) is 11.7 Å². The van der Waals surface area contributed by atoms with Crippen LogP contribution in [0, 0.1) is 0 Å². The number of hydrogen-bond donors (Lipinski definition) is 1. The zero-order valence-electron chi connectivity index (χ0n) is 17.8. The first-order valence-electron chi connectivity index (χ1n) is 9.75. The average molecular weight is 473 g/mol. The molecular weight excluding hydrogens is 446 g/mol. The molecule has 0 bridgehead atoms. The Bertz CT molecular complexity index is 993.